The first kappa shape index (κ1) is 15.4. The van der Waals surface area contributed by atoms with E-state index in [4.69, 9.17) is 0 Å². The van der Waals surface area contributed by atoms with Gasteiger partial charge in [0.1, 0.15) is 12.1 Å². The number of ketones is 2. The predicted octanol–water partition coefficient (Wildman–Crippen LogP) is 3.43. The van der Waals surface area contributed by atoms with Crippen molar-refractivity contribution in [3.8, 4) is 0 Å². The van der Waals surface area contributed by atoms with Crippen molar-refractivity contribution in [2.45, 2.75) is 52.4 Å². The van der Waals surface area contributed by atoms with Crippen molar-refractivity contribution in [2.75, 3.05) is 0 Å². The van der Waals surface area contributed by atoms with Crippen molar-refractivity contribution in [3.63, 3.8) is 0 Å². The Morgan fingerprint density at radius 2 is 2.00 bits per heavy atom. The number of fused-ring (bicyclic) bond motifs is 3. The largest absolute Gasteiger partial charge is 0.300 e. The van der Waals surface area contributed by atoms with E-state index in [0.717, 1.165) is 36.7 Å². The Morgan fingerprint density at radius 3 is 2.73 bits per heavy atom. The summed E-state index contributed by atoms with van der Waals surface area (Å²) in [7, 11) is 0. The minimum atomic E-state index is -0.0735. The molecule has 0 unspecified atom stereocenters. The van der Waals surface area contributed by atoms with Crippen molar-refractivity contribution < 1.29 is 14.4 Å². The van der Waals surface area contributed by atoms with Gasteiger partial charge in [-0.05, 0) is 61.0 Å². The number of Topliss-reactive ketones (excluding diaryl/α,β-unsaturated/α-hetero) is 2. The molecule has 22 heavy (non-hydrogen) atoms. The van der Waals surface area contributed by atoms with Crippen molar-refractivity contribution in [1.82, 2.24) is 0 Å². The second-order valence-electron chi connectivity index (χ2n) is 7.45. The number of aldehydes is 1. The highest BCUT2D eigenvalue weighted by atomic mass is 16.1. The number of carbonyl (C=O) groups excluding carboxylic acids is 3. The maximum atomic E-state index is 12.6. The van der Waals surface area contributed by atoms with Crippen LogP contribution >= 0.6 is 0 Å². The van der Waals surface area contributed by atoms with Gasteiger partial charge in [-0.15, -0.1) is 0 Å². The van der Waals surface area contributed by atoms with Gasteiger partial charge in [-0.1, -0.05) is 13.0 Å². The van der Waals surface area contributed by atoms with Gasteiger partial charge in [0.05, 0.1) is 0 Å². The highest BCUT2D eigenvalue weighted by molar-refractivity contribution is 6.01. The second kappa shape index (κ2) is 5.60. The van der Waals surface area contributed by atoms with Crippen LogP contribution in [0.1, 0.15) is 52.4 Å². The fourth-order valence-electron chi connectivity index (χ4n) is 5.34. The highest BCUT2D eigenvalue weighted by Gasteiger charge is 2.55. The van der Waals surface area contributed by atoms with Crippen LogP contribution in [0.15, 0.2) is 23.3 Å². The van der Waals surface area contributed by atoms with E-state index in [0.29, 0.717) is 42.8 Å². The zero-order valence-corrected chi connectivity index (χ0v) is 13.4. The van der Waals surface area contributed by atoms with E-state index in [-0.39, 0.29) is 11.2 Å². The molecule has 0 bridgehead atoms. The molecule has 0 N–H and O–H groups in total. The molecular formula is C19H24O3. The number of carbonyl (C=O) groups is 3. The van der Waals surface area contributed by atoms with Gasteiger partial charge in [-0.2, -0.15) is 0 Å². The van der Waals surface area contributed by atoms with Crippen LogP contribution in [0.25, 0.3) is 0 Å². The Labute approximate surface area is 131 Å². The van der Waals surface area contributed by atoms with Gasteiger partial charge in [0.15, 0.2) is 5.78 Å². The summed E-state index contributed by atoms with van der Waals surface area (Å²) >= 11 is 0. The molecule has 3 fully saturated rings. The zero-order chi connectivity index (χ0) is 15.9. The summed E-state index contributed by atoms with van der Waals surface area (Å²) in [5, 5.41) is 0. The van der Waals surface area contributed by atoms with E-state index < -0.39 is 0 Å². The van der Waals surface area contributed by atoms with Crippen LogP contribution in [0.4, 0.5) is 0 Å². The summed E-state index contributed by atoms with van der Waals surface area (Å²) in [5.41, 5.74) is 1.80. The van der Waals surface area contributed by atoms with Crippen molar-refractivity contribution in [3.05, 3.63) is 23.3 Å². The standard InChI is InChI=1S/C19H24O3/c1-12(4-3-9-20)18-17(22)11-16-15-6-5-14(21)10-13(15)7-8-19(16,18)2/h3-4,9,13,15-16H,5-8,10-11H2,1-2H3/b4-3+,18-12+/t13-,15-,16-,19-/m0/s1. The minimum absolute atomic E-state index is 0.0735. The molecule has 3 heteroatoms. The quantitative estimate of drug-likeness (QED) is 0.580. The topological polar surface area (TPSA) is 51.2 Å². The Morgan fingerprint density at radius 1 is 1.23 bits per heavy atom. The zero-order valence-electron chi connectivity index (χ0n) is 13.4. The summed E-state index contributed by atoms with van der Waals surface area (Å²) < 4.78 is 0. The van der Waals surface area contributed by atoms with Gasteiger partial charge < -0.3 is 0 Å². The Balaban J connectivity index is 1.96. The lowest BCUT2D eigenvalue weighted by atomic mass is 9.55. The van der Waals surface area contributed by atoms with Crippen LogP contribution < -0.4 is 0 Å². The SMILES string of the molecule is CC(/C=C/C=O)=C1/C(=O)C[C@H]2[C@H]3CCC(=O)C[C@@H]3CC[C@]12C. The molecule has 4 atom stereocenters. The molecule has 3 aliphatic rings. The smallest absolute Gasteiger partial charge is 0.160 e. The first-order valence-electron chi connectivity index (χ1n) is 8.35. The van der Waals surface area contributed by atoms with E-state index in [1.165, 1.54) is 6.08 Å². The van der Waals surface area contributed by atoms with E-state index >= 15 is 0 Å². The molecular weight excluding hydrogens is 276 g/mol. The number of allylic oxidation sites excluding steroid dienone is 4. The molecule has 0 aromatic heterocycles. The predicted molar refractivity (Wildman–Crippen MR) is 84.2 cm³/mol. The summed E-state index contributed by atoms with van der Waals surface area (Å²) in [6, 6.07) is 0. The van der Waals surface area contributed by atoms with Gasteiger partial charge in [0.2, 0.25) is 0 Å². The molecule has 0 radical (unpaired) electrons. The molecule has 0 saturated heterocycles. The van der Waals surface area contributed by atoms with Crippen LogP contribution in [0.3, 0.4) is 0 Å². The first-order valence-corrected chi connectivity index (χ1v) is 8.35. The summed E-state index contributed by atoms with van der Waals surface area (Å²) in [5.74, 6) is 2.02. The van der Waals surface area contributed by atoms with Gasteiger partial charge in [-0.25, -0.2) is 0 Å². The van der Waals surface area contributed by atoms with Crippen molar-refractivity contribution in [1.29, 1.82) is 0 Å². The molecule has 3 saturated carbocycles. The van der Waals surface area contributed by atoms with E-state index in [1.54, 1.807) is 6.08 Å². The van der Waals surface area contributed by atoms with Gasteiger partial charge in [0, 0.05) is 24.8 Å². The molecule has 0 aromatic rings. The maximum Gasteiger partial charge on any atom is 0.160 e. The highest BCUT2D eigenvalue weighted by Crippen LogP contribution is 2.60. The van der Waals surface area contributed by atoms with Crippen LogP contribution in [0.2, 0.25) is 0 Å². The average molecular weight is 300 g/mol. The van der Waals surface area contributed by atoms with Gasteiger partial charge in [-0.3, -0.25) is 14.4 Å². The lowest BCUT2D eigenvalue weighted by Gasteiger charge is -2.48. The normalized spacial score (nSPS) is 40.5. The van der Waals surface area contributed by atoms with Crippen molar-refractivity contribution >= 4 is 17.9 Å². The molecule has 0 heterocycles. The number of hydrogen-bond donors (Lipinski definition) is 0. The van der Waals surface area contributed by atoms with Crippen LogP contribution in [-0.4, -0.2) is 17.9 Å². The molecule has 3 nitrogen and oxygen atoms in total. The lowest BCUT2D eigenvalue weighted by Crippen LogP contribution is -2.42. The molecule has 0 spiro atoms. The monoisotopic (exact) mass is 300 g/mol. The van der Waals surface area contributed by atoms with Crippen molar-refractivity contribution in [2.24, 2.45) is 23.2 Å². The maximum absolute atomic E-state index is 12.6. The van der Waals surface area contributed by atoms with Crippen LogP contribution in [-0.2, 0) is 14.4 Å². The molecule has 0 aromatic carbocycles. The Hall–Kier alpha value is -1.51. The van der Waals surface area contributed by atoms with E-state index in [2.05, 4.69) is 6.92 Å². The van der Waals surface area contributed by atoms with E-state index in [9.17, 15) is 14.4 Å². The molecule has 0 amide bonds. The third-order valence-electron chi connectivity index (χ3n) is 6.30. The molecule has 3 rings (SSSR count). The second-order valence-corrected chi connectivity index (χ2v) is 7.45. The van der Waals surface area contributed by atoms with Gasteiger partial charge in [0.25, 0.3) is 0 Å². The average Bonchev–Trinajstić information content (AvgIpc) is 2.75. The minimum Gasteiger partial charge on any atom is -0.300 e. The third kappa shape index (κ3) is 2.31. The summed E-state index contributed by atoms with van der Waals surface area (Å²) in [4.78, 5) is 34.9. The Kier molecular flexibility index (Phi) is 3.92. The van der Waals surface area contributed by atoms with Crippen LogP contribution in [0, 0.1) is 23.2 Å². The third-order valence-corrected chi connectivity index (χ3v) is 6.30. The first-order chi connectivity index (χ1) is 10.5. The van der Waals surface area contributed by atoms with Gasteiger partial charge >= 0.3 is 0 Å². The summed E-state index contributed by atoms with van der Waals surface area (Å²) in [6.45, 7) is 4.17. The number of rotatable bonds is 2. The number of hydrogen-bond acceptors (Lipinski definition) is 3. The lowest BCUT2D eigenvalue weighted by molar-refractivity contribution is -0.125. The Bertz CT molecular complexity index is 583. The van der Waals surface area contributed by atoms with Crippen LogP contribution in [0.5, 0.6) is 0 Å². The molecule has 118 valence electrons. The summed E-state index contributed by atoms with van der Waals surface area (Å²) in [6.07, 6.45) is 9.00. The fraction of sp³-hybridized carbons (Fsp3) is 0.632. The van der Waals surface area contributed by atoms with E-state index in [1.807, 2.05) is 6.92 Å². The molecule has 3 aliphatic carbocycles. The fourth-order valence-corrected chi connectivity index (χ4v) is 5.34. The molecule has 0 aliphatic heterocycles.